The van der Waals surface area contributed by atoms with E-state index < -0.39 is 0 Å². The fourth-order valence-corrected chi connectivity index (χ4v) is 5.84. The van der Waals surface area contributed by atoms with Crippen molar-refractivity contribution in [2.24, 2.45) is 0 Å². The van der Waals surface area contributed by atoms with E-state index in [2.05, 4.69) is 37.2 Å². The molecule has 1 atom stereocenters. The highest BCUT2D eigenvalue weighted by molar-refractivity contribution is 5.83. The van der Waals surface area contributed by atoms with Crippen molar-refractivity contribution in [2.75, 3.05) is 39.5 Å². The van der Waals surface area contributed by atoms with Crippen LogP contribution in [0.2, 0.25) is 0 Å². The number of nitrogens with zero attached hydrogens (tertiary/aromatic N) is 6. The number of fused-ring (bicyclic) bond motifs is 2. The Morgan fingerprint density at radius 2 is 1.83 bits per heavy atom. The molecule has 10 heteroatoms. The zero-order chi connectivity index (χ0) is 23.8. The van der Waals surface area contributed by atoms with Crippen LogP contribution in [0.15, 0.2) is 23.0 Å². The molecule has 2 fully saturated rings. The number of pyridine rings is 1. The molecule has 3 aliphatic rings. The maximum atomic E-state index is 13.5. The molecule has 10 nitrogen and oxygen atoms in total. The van der Waals surface area contributed by atoms with Crippen LogP contribution in [0.25, 0.3) is 10.9 Å². The molecule has 0 radical (unpaired) electrons. The molecule has 35 heavy (non-hydrogen) atoms. The first kappa shape index (κ1) is 22.5. The first-order valence-electron chi connectivity index (χ1n) is 12.9. The van der Waals surface area contributed by atoms with E-state index in [-0.39, 0.29) is 24.4 Å². The average Bonchev–Trinajstić information content (AvgIpc) is 3.54. The number of tetrazole rings is 1. The highest BCUT2D eigenvalue weighted by Gasteiger charge is 2.34. The lowest BCUT2D eigenvalue weighted by atomic mass is 9.95. The van der Waals surface area contributed by atoms with Crippen molar-refractivity contribution in [3.63, 3.8) is 0 Å². The van der Waals surface area contributed by atoms with Gasteiger partial charge in [-0.15, -0.1) is 5.10 Å². The molecule has 1 aliphatic carbocycles. The molecule has 6 rings (SSSR count). The van der Waals surface area contributed by atoms with Crippen molar-refractivity contribution in [3.05, 3.63) is 39.9 Å². The van der Waals surface area contributed by atoms with Crippen LogP contribution in [-0.4, -0.2) is 74.5 Å². The summed E-state index contributed by atoms with van der Waals surface area (Å²) in [5.74, 6) is 2.13. The first-order chi connectivity index (χ1) is 17.2. The molecule has 0 amide bonds. The molecular formula is C25H33N7O3. The summed E-state index contributed by atoms with van der Waals surface area (Å²) >= 11 is 0. The number of hydrogen-bond acceptors (Lipinski definition) is 8. The Bertz CT molecular complexity index is 1240. The maximum absolute atomic E-state index is 13.5. The van der Waals surface area contributed by atoms with Gasteiger partial charge in [-0.25, -0.2) is 4.68 Å². The molecule has 3 aromatic rings. The van der Waals surface area contributed by atoms with Crippen LogP contribution in [-0.2, 0) is 0 Å². The third-order valence-corrected chi connectivity index (χ3v) is 7.66. The predicted molar refractivity (Wildman–Crippen MR) is 131 cm³/mol. The van der Waals surface area contributed by atoms with E-state index in [9.17, 15) is 4.79 Å². The number of benzene rings is 1. The zero-order valence-electron chi connectivity index (χ0n) is 20.3. The number of ether oxygens (including phenoxy) is 2. The van der Waals surface area contributed by atoms with Crippen molar-refractivity contribution < 1.29 is 9.47 Å². The van der Waals surface area contributed by atoms with E-state index >= 15 is 0 Å². The summed E-state index contributed by atoms with van der Waals surface area (Å²) in [6, 6.07) is 5.74. The van der Waals surface area contributed by atoms with Gasteiger partial charge in [0.05, 0.1) is 11.6 Å². The highest BCUT2D eigenvalue weighted by Crippen LogP contribution is 2.37. The van der Waals surface area contributed by atoms with Gasteiger partial charge in [0, 0.05) is 43.2 Å². The summed E-state index contributed by atoms with van der Waals surface area (Å²) in [4.78, 5) is 21.5. The molecule has 2 aliphatic heterocycles. The third-order valence-electron chi connectivity index (χ3n) is 7.66. The number of hydrogen-bond donors (Lipinski definition) is 1. The minimum atomic E-state index is -0.311. The first-order valence-corrected chi connectivity index (χ1v) is 12.9. The second kappa shape index (κ2) is 9.58. The number of aromatic amines is 1. The Labute approximate surface area is 204 Å². The monoisotopic (exact) mass is 479 g/mol. The standard InChI is InChI=1S/C25H33N7O3/c1-2-8-30-9-11-31(12-10-30)23(24-27-28-29-32(24)18-6-4-3-5-7-18)19-13-17-14-21-22(35-16-34-21)15-20(17)26-25(19)33/h13-15,18,23H,2-12,16H2,1H3,(H,26,33)/t23-/m0/s1. The fourth-order valence-electron chi connectivity index (χ4n) is 5.84. The van der Waals surface area contributed by atoms with Gasteiger partial charge in [0.2, 0.25) is 6.79 Å². The summed E-state index contributed by atoms with van der Waals surface area (Å²) in [6.45, 7) is 7.18. The highest BCUT2D eigenvalue weighted by atomic mass is 16.7. The van der Waals surface area contributed by atoms with E-state index in [0.717, 1.165) is 68.7 Å². The molecule has 0 unspecified atom stereocenters. The van der Waals surface area contributed by atoms with E-state index in [4.69, 9.17) is 9.47 Å². The van der Waals surface area contributed by atoms with Gasteiger partial charge in [-0.1, -0.05) is 26.2 Å². The van der Waals surface area contributed by atoms with Crippen LogP contribution in [0.1, 0.15) is 68.9 Å². The Morgan fingerprint density at radius 3 is 2.60 bits per heavy atom. The molecule has 4 heterocycles. The van der Waals surface area contributed by atoms with Gasteiger partial charge in [0.1, 0.15) is 6.04 Å². The molecule has 1 aromatic carbocycles. The molecule has 0 spiro atoms. The summed E-state index contributed by atoms with van der Waals surface area (Å²) in [5, 5.41) is 14.0. The Hall–Kier alpha value is -2.98. The van der Waals surface area contributed by atoms with E-state index in [0.29, 0.717) is 17.1 Å². The lowest BCUT2D eigenvalue weighted by Crippen LogP contribution is -2.49. The fraction of sp³-hybridized carbons (Fsp3) is 0.600. The molecule has 1 N–H and O–H groups in total. The van der Waals surface area contributed by atoms with Crippen molar-refractivity contribution in [1.82, 2.24) is 35.0 Å². The largest absolute Gasteiger partial charge is 0.454 e. The normalized spacial score (nSPS) is 20.5. The van der Waals surface area contributed by atoms with Gasteiger partial charge in [0.15, 0.2) is 17.3 Å². The summed E-state index contributed by atoms with van der Waals surface area (Å²) in [5.41, 5.74) is 1.30. The van der Waals surface area contributed by atoms with Gasteiger partial charge in [-0.05, 0) is 48.4 Å². The molecule has 2 aromatic heterocycles. The number of nitrogens with one attached hydrogen (secondary N) is 1. The molecular weight excluding hydrogens is 446 g/mol. The minimum Gasteiger partial charge on any atom is -0.454 e. The van der Waals surface area contributed by atoms with Crippen LogP contribution in [0, 0.1) is 0 Å². The summed E-state index contributed by atoms with van der Waals surface area (Å²) in [7, 11) is 0. The van der Waals surface area contributed by atoms with Gasteiger partial charge in [-0.3, -0.25) is 9.69 Å². The van der Waals surface area contributed by atoms with Crippen LogP contribution in [0.4, 0.5) is 0 Å². The smallest absolute Gasteiger partial charge is 0.253 e. The number of rotatable bonds is 6. The van der Waals surface area contributed by atoms with Gasteiger partial charge < -0.3 is 19.4 Å². The van der Waals surface area contributed by atoms with E-state index in [1.165, 1.54) is 19.3 Å². The molecule has 186 valence electrons. The lowest BCUT2D eigenvalue weighted by molar-refractivity contribution is 0.103. The zero-order valence-corrected chi connectivity index (χ0v) is 20.3. The number of H-pyrrole nitrogens is 1. The van der Waals surface area contributed by atoms with Gasteiger partial charge in [0.25, 0.3) is 5.56 Å². The number of piperazine rings is 1. The van der Waals surface area contributed by atoms with E-state index in [1.807, 2.05) is 22.9 Å². The average molecular weight is 480 g/mol. The lowest BCUT2D eigenvalue weighted by Gasteiger charge is -2.39. The summed E-state index contributed by atoms with van der Waals surface area (Å²) in [6.07, 6.45) is 6.93. The van der Waals surface area contributed by atoms with Crippen molar-refractivity contribution >= 4 is 10.9 Å². The Kier molecular flexibility index (Phi) is 6.15. The Morgan fingerprint density at radius 1 is 1.06 bits per heavy atom. The predicted octanol–water partition coefficient (Wildman–Crippen LogP) is 2.87. The second-order valence-corrected chi connectivity index (χ2v) is 9.90. The second-order valence-electron chi connectivity index (χ2n) is 9.90. The van der Waals surface area contributed by atoms with Crippen LogP contribution in [0.3, 0.4) is 0 Å². The van der Waals surface area contributed by atoms with Crippen LogP contribution < -0.4 is 15.0 Å². The van der Waals surface area contributed by atoms with Crippen LogP contribution >= 0.6 is 0 Å². The topological polar surface area (TPSA) is 101 Å². The van der Waals surface area contributed by atoms with Gasteiger partial charge >= 0.3 is 0 Å². The van der Waals surface area contributed by atoms with Crippen molar-refractivity contribution in [3.8, 4) is 11.5 Å². The number of aromatic nitrogens is 5. The molecule has 1 saturated carbocycles. The molecule has 0 bridgehead atoms. The SMILES string of the molecule is CCCN1CCN([C@@H](c2cc3cc4c(cc3[nH]c2=O)OCO4)c2nnnn2C2CCCCC2)CC1. The van der Waals surface area contributed by atoms with Crippen LogP contribution in [0.5, 0.6) is 11.5 Å². The van der Waals surface area contributed by atoms with Crippen molar-refractivity contribution in [1.29, 1.82) is 0 Å². The van der Waals surface area contributed by atoms with Gasteiger partial charge in [-0.2, -0.15) is 0 Å². The summed E-state index contributed by atoms with van der Waals surface area (Å²) < 4.78 is 13.1. The maximum Gasteiger partial charge on any atom is 0.253 e. The van der Waals surface area contributed by atoms with Crippen molar-refractivity contribution in [2.45, 2.75) is 57.5 Å². The quantitative estimate of drug-likeness (QED) is 0.576. The third kappa shape index (κ3) is 4.29. The minimum absolute atomic E-state index is 0.115. The molecule has 1 saturated heterocycles. The Balaban J connectivity index is 1.43. The van der Waals surface area contributed by atoms with E-state index in [1.54, 1.807) is 0 Å².